The Hall–Kier alpha value is -2.64. The molecule has 3 rings (SSSR count). The van der Waals surface area contributed by atoms with Crippen LogP contribution in [0.5, 0.6) is 11.5 Å². The highest BCUT2D eigenvalue weighted by Crippen LogP contribution is 2.29. The van der Waals surface area contributed by atoms with Crippen molar-refractivity contribution >= 4 is 44.4 Å². The molecule has 1 heterocycles. The van der Waals surface area contributed by atoms with Crippen LogP contribution in [0, 0.1) is 0 Å². The molecule has 0 aliphatic heterocycles. The number of ether oxygens (including phenoxy) is 2. The van der Waals surface area contributed by atoms with Gasteiger partial charge in [-0.25, -0.2) is 4.98 Å². The van der Waals surface area contributed by atoms with Crippen LogP contribution in [0.3, 0.4) is 0 Å². The van der Waals surface area contributed by atoms with Crippen molar-refractivity contribution in [3.63, 3.8) is 0 Å². The second kappa shape index (κ2) is 10.2. The van der Waals surface area contributed by atoms with Crippen LogP contribution in [0.1, 0.15) is 19.4 Å². The summed E-state index contributed by atoms with van der Waals surface area (Å²) in [5, 5.41) is 5.28. The number of halogens is 1. The number of carbonyl (C=O) groups excluding carboxylic acids is 1. The van der Waals surface area contributed by atoms with Crippen LogP contribution in [0.25, 0.3) is 17.3 Å². The highest BCUT2D eigenvalue weighted by molar-refractivity contribution is 9.10. The van der Waals surface area contributed by atoms with Crippen LogP contribution >= 0.6 is 27.3 Å². The standard InChI is InChI=1S/C22H21BrN2O3S/c1-3-27-19-11-5-15(13-20(19)28-4-2)6-12-21(26)25-22-24-18(14-29-22)16-7-9-17(23)10-8-16/h5-14H,3-4H2,1-2H3,(H,24,25,26). The third-order valence-corrected chi connectivity index (χ3v) is 5.16. The molecule has 3 aromatic rings. The van der Waals surface area contributed by atoms with Gasteiger partial charge in [0.15, 0.2) is 16.6 Å². The predicted molar refractivity (Wildman–Crippen MR) is 122 cm³/mol. The summed E-state index contributed by atoms with van der Waals surface area (Å²) in [6.45, 7) is 4.95. The lowest BCUT2D eigenvalue weighted by molar-refractivity contribution is -0.111. The van der Waals surface area contributed by atoms with Gasteiger partial charge in [0.25, 0.3) is 0 Å². The zero-order chi connectivity index (χ0) is 20.6. The van der Waals surface area contributed by atoms with E-state index < -0.39 is 0 Å². The van der Waals surface area contributed by atoms with Crippen molar-refractivity contribution in [3.05, 3.63) is 64.0 Å². The number of amides is 1. The number of nitrogens with one attached hydrogen (secondary N) is 1. The summed E-state index contributed by atoms with van der Waals surface area (Å²) >= 11 is 4.81. The van der Waals surface area contributed by atoms with Crippen molar-refractivity contribution < 1.29 is 14.3 Å². The van der Waals surface area contributed by atoms with Crippen LogP contribution < -0.4 is 14.8 Å². The summed E-state index contributed by atoms with van der Waals surface area (Å²) in [7, 11) is 0. The lowest BCUT2D eigenvalue weighted by Crippen LogP contribution is -2.07. The van der Waals surface area contributed by atoms with Crippen molar-refractivity contribution in [2.24, 2.45) is 0 Å². The number of hydrogen-bond donors (Lipinski definition) is 1. The zero-order valence-electron chi connectivity index (χ0n) is 16.1. The minimum atomic E-state index is -0.242. The maximum Gasteiger partial charge on any atom is 0.250 e. The van der Waals surface area contributed by atoms with Crippen molar-refractivity contribution in [2.75, 3.05) is 18.5 Å². The predicted octanol–water partition coefficient (Wildman–Crippen LogP) is 6.02. The minimum Gasteiger partial charge on any atom is -0.490 e. The second-order valence-electron chi connectivity index (χ2n) is 5.94. The molecule has 0 aliphatic rings. The van der Waals surface area contributed by atoms with Crippen molar-refractivity contribution in [1.29, 1.82) is 0 Å². The molecule has 0 spiro atoms. The van der Waals surface area contributed by atoms with Gasteiger partial charge in [0.2, 0.25) is 5.91 Å². The molecule has 0 fully saturated rings. The molecule has 1 N–H and O–H groups in total. The van der Waals surface area contributed by atoms with Gasteiger partial charge in [0, 0.05) is 21.5 Å². The molecule has 0 atom stereocenters. The summed E-state index contributed by atoms with van der Waals surface area (Å²) in [5.41, 5.74) is 2.68. The topological polar surface area (TPSA) is 60.5 Å². The summed E-state index contributed by atoms with van der Waals surface area (Å²) in [6.07, 6.45) is 3.21. The van der Waals surface area contributed by atoms with E-state index in [4.69, 9.17) is 9.47 Å². The first-order valence-electron chi connectivity index (χ1n) is 9.19. The summed E-state index contributed by atoms with van der Waals surface area (Å²) < 4.78 is 12.2. The van der Waals surface area contributed by atoms with Gasteiger partial charge in [-0.2, -0.15) is 0 Å². The Morgan fingerprint density at radius 2 is 1.83 bits per heavy atom. The minimum absolute atomic E-state index is 0.242. The molecule has 1 amide bonds. The van der Waals surface area contributed by atoms with Crippen LogP contribution in [-0.2, 0) is 4.79 Å². The number of hydrogen-bond acceptors (Lipinski definition) is 5. The van der Waals surface area contributed by atoms with Gasteiger partial charge in [-0.1, -0.05) is 34.1 Å². The van der Waals surface area contributed by atoms with Gasteiger partial charge in [-0.3, -0.25) is 10.1 Å². The van der Waals surface area contributed by atoms with Gasteiger partial charge in [-0.15, -0.1) is 11.3 Å². The van der Waals surface area contributed by atoms with Crippen molar-refractivity contribution in [1.82, 2.24) is 4.98 Å². The molecule has 0 unspecified atom stereocenters. The molecule has 1 aromatic heterocycles. The van der Waals surface area contributed by atoms with E-state index in [0.717, 1.165) is 21.3 Å². The smallest absolute Gasteiger partial charge is 0.250 e. The fourth-order valence-corrected chi connectivity index (χ4v) is 3.56. The summed E-state index contributed by atoms with van der Waals surface area (Å²) in [5.74, 6) is 1.11. The van der Waals surface area contributed by atoms with Gasteiger partial charge in [-0.05, 0) is 49.8 Å². The largest absolute Gasteiger partial charge is 0.490 e. The van der Waals surface area contributed by atoms with Crippen LogP contribution in [0.15, 0.2) is 58.4 Å². The van der Waals surface area contributed by atoms with Gasteiger partial charge < -0.3 is 9.47 Å². The van der Waals surface area contributed by atoms with E-state index in [2.05, 4.69) is 26.2 Å². The van der Waals surface area contributed by atoms with Gasteiger partial charge in [0.05, 0.1) is 18.9 Å². The molecule has 0 saturated heterocycles. The van der Waals surface area contributed by atoms with E-state index >= 15 is 0 Å². The highest BCUT2D eigenvalue weighted by atomic mass is 79.9. The Kier molecular flexibility index (Phi) is 7.43. The number of thiazole rings is 1. The Bertz CT molecular complexity index is 1000. The molecular weight excluding hydrogens is 452 g/mol. The molecule has 2 aromatic carbocycles. The Labute approximate surface area is 182 Å². The lowest BCUT2D eigenvalue weighted by atomic mass is 10.2. The van der Waals surface area contributed by atoms with Crippen LogP contribution in [0.2, 0.25) is 0 Å². The first kappa shape index (κ1) is 21.1. The molecule has 0 saturated carbocycles. The number of benzene rings is 2. The fraction of sp³-hybridized carbons (Fsp3) is 0.182. The number of aromatic nitrogens is 1. The zero-order valence-corrected chi connectivity index (χ0v) is 18.5. The van der Waals surface area contributed by atoms with Crippen LogP contribution in [-0.4, -0.2) is 24.1 Å². The molecular formula is C22H21BrN2O3S. The third-order valence-electron chi connectivity index (χ3n) is 3.87. The highest BCUT2D eigenvalue weighted by Gasteiger charge is 2.08. The van der Waals surface area contributed by atoms with Crippen LogP contribution in [0.4, 0.5) is 5.13 Å². The van der Waals surface area contributed by atoms with E-state index in [-0.39, 0.29) is 5.91 Å². The van der Waals surface area contributed by atoms with Crippen molar-refractivity contribution in [3.8, 4) is 22.8 Å². The SMILES string of the molecule is CCOc1ccc(C=CC(=O)Nc2nc(-c3ccc(Br)cc3)cs2)cc1OCC. The summed E-state index contributed by atoms with van der Waals surface area (Å²) in [6, 6.07) is 13.5. The normalized spacial score (nSPS) is 10.9. The molecule has 0 aliphatic carbocycles. The fourth-order valence-electron chi connectivity index (χ4n) is 2.57. The molecule has 0 bridgehead atoms. The molecule has 5 nitrogen and oxygen atoms in total. The quantitative estimate of drug-likeness (QED) is 0.407. The number of nitrogens with zero attached hydrogens (tertiary/aromatic N) is 1. The summed E-state index contributed by atoms with van der Waals surface area (Å²) in [4.78, 5) is 16.7. The average molecular weight is 473 g/mol. The molecule has 0 radical (unpaired) electrons. The van der Waals surface area contributed by atoms with Gasteiger partial charge >= 0.3 is 0 Å². The first-order chi connectivity index (χ1) is 14.1. The van der Waals surface area contributed by atoms with E-state index in [1.165, 1.54) is 17.4 Å². The van der Waals surface area contributed by atoms with E-state index in [0.29, 0.717) is 29.8 Å². The first-order valence-corrected chi connectivity index (χ1v) is 10.9. The second-order valence-corrected chi connectivity index (χ2v) is 7.71. The third kappa shape index (κ3) is 5.92. The maximum atomic E-state index is 12.3. The van der Waals surface area contributed by atoms with E-state index in [1.807, 2.05) is 61.7 Å². The number of rotatable bonds is 8. The molecule has 29 heavy (non-hydrogen) atoms. The number of carbonyl (C=O) groups is 1. The average Bonchev–Trinajstić information content (AvgIpc) is 3.17. The Balaban J connectivity index is 1.65. The lowest BCUT2D eigenvalue weighted by Gasteiger charge is -2.11. The van der Waals surface area contributed by atoms with Gasteiger partial charge in [0.1, 0.15) is 0 Å². The Morgan fingerprint density at radius 1 is 1.10 bits per heavy atom. The van der Waals surface area contributed by atoms with Crippen molar-refractivity contribution in [2.45, 2.75) is 13.8 Å². The molecule has 150 valence electrons. The maximum absolute atomic E-state index is 12.3. The number of anilines is 1. The van der Waals surface area contributed by atoms with E-state index in [9.17, 15) is 4.79 Å². The Morgan fingerprint density at radius 3 is 2.55 bits per heavy atom. The van der Waals surface area contributed by atoms with E-state index in [1.54, 1.807) is 6.08 Å². The monoisotopic (exact) mass is 472 g/mol. The molecule has 7 heteroatoms.